The van der Waals surface area contributed by atoms with Crippen molar-refractivity contribution in [3.63, 3.8) is 0 Å². The van der Waals surface area contributed by atoms with Crippen molar-refractivity contribution in [2.75, 3.05) is 6.54 Å². The molecule has 0 bridgehead atoms. The molecule has 0 amide bonds. The van der Waals surface area contributed by atoms with E-state index in [4.69, 9.17) is 5.11 Å². The summed E-state index contributed by atoms with van der Waals surface area (Å²) < 4.78 is 0. The highest BCUT2D eigenvalue weighted by Crippen LogP contribution is 2.11. The molecule has 2 N–H and O–H groups in total. The van der Waals surface area contributed by atoms with Crippen molar-refractivity contribution in [3.8, 4) is 0 Å². The first kappa shape index (κ1) is 15.7. The van der Waals surface area contributed by atoms with Gasteiger partial charge in [-0.15, -0.1) is 0 Å². The normalized spacial score (nSPS) is 12.3. The standard InChI is InChI=1S/C16H25NO2/c1-3-5-6-13(4-2)11-17-12-14-7-9-15(10-8-14)16(18)19/h7-10,13,17H,3-6,11-12H2,1-2H3,(H,18,19). The second-order valence-corrected chi connectivity index (χ2v) is 5.05. The van der Waals surface area contributed by atoms with Crippen LogP contribution in [0, 0.1) is 5.92 Å². The molecular formula is C16H25NO2. The molecule has 0 spiro atoms. The summed E-state index contributed by atoms with van der Waals surface area (Å²) in [4.78, 5) is 10.7. The van der Waals surface area contributed by atoms with Crippen LogP contribution in [0.3, 0.4) is 0 Å². The van der Waals surface area contributed by atoms with Gasteiger partial charge in [-0.25, -0.2) is 4.79 Å². The Labute approximate surface area is 116 Å². The lowest BCUT2D eigenvalue weighted by Crippen LogP contribution is -2.22. The quantitative estimate of drug-likeness (QED) is 0.714. The van der Waals surface area contributed by atoms with Gasteiger partial charge in [0.1, 0.15) is 0 Å². The first-order valence-corrected chi connectivity index (χ1v) is 7.20. The highest BCUT2D eigenvalue weighted by molar-refractivity contribution is 5.87. The molecular weight excluding hydrogens is 238 g/mol. The number of carboxylic acid groups (broad SMARTS) is 1. The fraction of sp³-hybridized carbons (Fsp3) is 0.562. The summed E-state index contributed by atoms with van der Waals surface area (Å²) in [7, 11) is 0. The van der Waals surface area contributed by atoms with E-state index in [0.717, 1.165) is 24.6 Å². The Balaban J connectivity index is 2.33. The monoisotopic (exact) mass is 263 g/mol. The molecule has 0 saturated heterocycles. The maximum atomic E-state index is 10.7. The summed E-state index contributed by atoms with van der Waals surface area (Å²) in [5.74, 6) is -0.122. The largest absolute Gasteiger partial charge is 0.478 e. The lowest BCUT2D eigenvalue weighted by Gasteiger charge is -2.15. The van der Waals surface area contributed by atoms with Crippen LogP contribution in [-0.2, 0) is 6.54 Å². The van der Waals surface area contributed by atoms with E-state index in [1.807, 2.05) is 12.1 Å². The van der Waals surface area contributed by atoms with Crippen molar-refractivity contribution in [1.82, 2.24) is 5.32 Å². The first-order chi connectivity index (χ1) is 9.17. The first-order valence-electron chi connectivity index (χ1n) is 7.20. The van der Waals surface area contributed by atoms with Gasteiger partial charge in [0.25, 0.3) is 0 Å². The Hall–Kier alpha value is -1.35. The van der Waals surface area contributed by atoms with Gasteiger partial charge in [-0.1, -0.05) is 45.2 Å². The van der Waals surface area contributed by atoms with Gasteiger partial charge >= 0.3 is 5.97 Å². The van der Waals surface area contributed by atoms with Gasteiger partial charge in [0, 0.05) is 6.54 Å². The molecule has 3 heteroatoms. The topological polar surface area (TPSA) is 49.3 Å². The zero-order valence-electron chi connectivity index (χ0n) is 12.0. The van der Waals surface area contributed by atoms with Crippen molar-refractivity contribution in [2.45, 2.75) is 46.1 Å². The van der Waals surface area contributed by atoms with Crippen LogP contribution in [0.15, 0.2) is 24.3 Å². The van der Waals surface area contributed by atoms with E-state index in [1.54, 1.807) is 12.1 Å². The minimum atomic E-state index is -0.870. The van der Waals surface area contributed by atoms with Crippen LogP contribution in [0.25, 0.3) is 0 Å². The number of aromatic carboxylic acids is 1. The maximum Gasteiger partial charge on any atom is 0.335 e. The Morgan fingerprint density at radius 2 is 1.95 bits per heavy atom. The Kier molecular flexibility index (Phi) is 7.19. The molecule has 106 valence electrons. The zero-order chi connectivity index (χ0) is 14.1. The summed E-state index contributed by atoms with van der Waals surface area (Å²) >= 11 is 0. The third kappa shape index (κ3) is 5.88. The van der Waals surface area contributed by atoms with E-state index in [1.165, 1.54) is 25.7 Å². The van der Waals surface area contributed by atoms with Gasteiger partial charge in [-0.05, 0) is 36.6 Å². The van der Waals surface area contributed by atoms with Crippen LogP contribution in [0.4, 0.5) is 0 Å². The van der Waals surface area contributed by atoms with Crippen molar-refractivity contribution in [2.24, 2.45) is 5.92 Å². The Bertz CT molecular complexity index is 373. The molecule has 0 aliphatic carbocycles. The number of carboxylic acids is 1. The molecule has 1 aromatic carbocycles. The highest BCUT2D eigenvalue weighted by Gasteiger charge is 2.05. The van der Waals surface area contributed by atoms with Gasteiger partial charge in [-0.2, -0.15) is 0 Å². The maximum absolute atomic E-state index is 10.7. The highest BCUT2D eigenvalue weighted by atomic mass is 16.4. The number of carbonyl (C=O) groups is 1. The smallest absolute Gasteiger partial charge is 0.335 e. The SMILES string of the molecule is CCCCC(CC)CNCc1ccc(C(=O)O)cc1. The average molecular weight is 263 g/mol. The number of unbranched alkanes of at least 4 members (excludes halogenated alkanes) is 1. The van der Waals surface area contributed by atoms with Crippen LogP contribution < -0.4 is 5.32 Å². The van der Waals surface area contributed by atoms with Crippen LogP contribution in [0.1, 0.15) is 55.5 Å². The van der Waals surface area contributed by atoms with Gasteiger partial charge in [0.05, 0.1) is 5.56 Å². The number of rotatable bonds is 9. The van der Waals surface area contributed by atoms with Crippen LogP contribution >= 0.6 is 0 Å². The van der Waals surface area contributed by atoms with Crippen LogP contribution in [0.2, 0.25) is 0 Å². The lowest BCUT2D eigenvalue weighted by molar-refractivity contribution is 0.0697. The number of hydrogen-bond acceptors (Lipinski definition) is 2. The van der Waals surface area contributed by atoms with E-state index in [-0.39, 0.29) is 0 Å². The number of hydrogen-bond donors (Lipinski definition) is 2. The molecule has 19 heavy (non-hydrogen) atoms. The second-order valence-electron chi connectivity index (χ2n) is 5.05. The van der Waals surface area contributed by atoms with E-state index >= 15 is 0 Å². The summed E-state index contributed by atoms with van der Waals surface area (Å²) in [6.07, 6.45) is 5.06. The van der Waals surface area contributed by atoms with Gasteiger partial charge in [-0.3, -0.25) is 0 Å². The molecule has 1 aromatic rings. The molecule has 0 saturated carbocycles. The number of benzene rings is 1. The third-order valence-electron chi connectivity index (χ3n) is 3.51. The van der Waals surface area contributed by atoms with Gasteiger partial charge in [0.15, 0.2) is 0 Å². The Morgan fingerprint density at radius 3 is 2.47 bits per heavy atom. The third-order valence-corrected chi connectivity index (χ3v) is 3.51. The van der Waals surface area contributed by atoms with E-state index in [0.29, 0.717) is 5.56 Å². The van der Waals surface area contributed by atoms with E-state index in [9.17, 15) is 4.79 Å². The molecule has 0 aliphatic rings. The van der Waals surface area contributed by atoms with Gasteiger partial charge in [0.2, 0.25) is 0 Å². The van der Waals surface area contributed by atoms with Gasteiger partial charge < -0.3 is 10.4 Å². The predicted molar refractivity (Wildman–Crippen MR) is 78.4 cm³/mol. The molecule has 0 heterocycles. The summed E-state index contributed by atoms with van der Waals surface area (Å²) in [6.45, 7) is 6.31. The summed E-state index contributed by atoms with van der Waals surface area (Å²) in [5, 5.41) is 12.3. The summed E-state index contributed by atoms with van der Waals surface area (Å²) in [5.41, 5.74) is 1.48. The molecule has 1 rings (SSSR count). The average Bonchev–Trinajstić information content (AvgIpc) is 2.43. The fourth-order valence-corrected chi connectivity index (χ4v) is 2.13. The molecule has 1 unspecified atom stereocenters. The van der Waals surface area contributed by atoms with E-state index < -0.39 is 5.97 Å². The molecule has 1 atom stereocenters. The zero-order valence-corrected chi connectivity index (χ0v) is 12.0. The second kappa shape index (κ2) is 8.70. The predicted octanol–water partition coefficient (Wildman–Crippen LogP) is 3.69. The molecule has 0 aliphatic heterocycles. The molecule has 3 nitrogen and oxygen atoms in total. The number of nitrogens with one attached hydrogen (secondary N) is 1. The fourth-order valence-electron chi connectivity index (χ4n) is 2.13. The van der Waals surface area contributed by atoms with Crippen molar-refractivity contribution >= 4 is 5.97 Å². The van der Waals surface area contributed by atoms with Crippen molar-refractivity contribution in [3.05, 3.63) is 35.4 Å². The summed E-state index contributed by atoms with van der Waals surface area (Å²) in [6, 6.07) is 7.08. The molecule has 0 radical (unpaired) electrons. The minimum absolute atomic E-state index is 0.345. The van der Waals surface area contributed by atoms with Crippen LogP contribution in [0.5, 0.6) is 0 Å². The molecule has 0 aromatic heterocycles. The van der Waals surface area contributed by atoms with Crippen molar-refractivity contribution < 1.29 is 9.90 Å². The van der Waals surface area contributed by atoms with Crippen molar-refractivity contribution in [1.29, 1.82) is 0 Å². The minimum Gasteiger partial charge on any atom is -0.478 e. The van der Waals surface area contributed by atoms with E-state index in [2.05, 4.69) is 19.2 Å². The Morgan fingerprint density at radius 1 is 1.26 bits per heavy atom. The van der Waals surface area contributed by atoms with Crippen LogP contribution in [-0.4, -0.2) is 17.6 Å². The molecule has 0 fully saturated rings. The lowest BCUT2D eigenvalue weighted by atomic mass is 9.99.